The van der Waals surface area contributed by atoms with Gasteiger partial charge in [-0.1, -0.05) is 30.1 Å². The summed E-state index contributed by atoms with van der Waals surface area (Å²) in [4.78, 5) is 22.3. The van der Waals surface area contributed by atoms with E-state index >= 15 is 0 Å². The number of halogens is 3. The maximum absolute atomic E-state index is 11.7. The number of aliphatic carboxylic acids is 1. The van der Waals surface area contributed by atoms with Gasteiger partial charge in [-0.2, -0.15) is 0 Å². The van der Waals surface area contributed by atoms with Gasteiger partial charge in [0.2, 0.25) is 0 Å². The molecule has 2 amide bonds. The summed E-state index contributed by atoms with van der Waals surface area (Å²) in [5, 5.41) is 14.5. The van der Waals surface area contributed by atoms with Crippen molar-refractivity contribution in [2.24, 2.45) is 5.92 Å². The molecule has 1 aromatic carbocycles. The lowest BCUT2D eigenvalue weighted by Crippen LogP contribution is -2.30. The highest BCUT2D eigenvalue weighted by Gasteiger charge is 2.12. The molecular formula is C13H15BrCl2N2O3. The standard InChI is InChI=1S/C13H15BrCl2N2O3/c1-7(12(19)20)3-2-6-17-13(21)18-9-5-4-8(14)10(15)11(9)16/h4-5,7H,2-3,6H2,1H3,(H,19,20)(H2,17,18,21). The van der Waals surface area contributed by atoms with Gasteiger partial charge in [0.05, 0.1) is 21.7 Å². The Kier molecular flexibility index (Phi) is 7.28. The number of rotatable bonds is 6. The molecule has 5 nitrogen and oxygen atoms in total. The SMILES string of the molecule is CC(CCCNC(=O)Nc1ccc(Br)c(Cl)c1Cl)C(=O)O. The van der Waals surface area contributed by atoms with Crippen molar-refractivity contribution in [2.75, 3.05) is 11.9 Å². The molecule has 21 heavy (non-hydrogen) atoms. The monoisotopic (exact) mass is 396 g/mol. The van der Waals surface area contributed by atoms with Crippen LogP contribution in [0.5, 0.6) is 0 Å². The number of amides is 2. The zero-order chi connectivity index (χ0) is 16.0. The number of urea groups is 1. The van der Waals surface area contributed by atoms with Crippen molar-refractivity contribution in [3.05, 3.63) is 26.7 Å². The average Bonchev–Trinajstić information content (AvgIpc) is 2.44. The number of benzene rings is 1. The van der Waals surface area contributed by atoms with Gasteiger partial charge >= 0.3 is 12.0 Å². The molecule has 0 saturated carbocycles. The molecular weight excluding hydrogens is 383 g/mol. The van der Waals surface area contributed by atoms with Crippen LogP contribution in [0.2, 0.25) is 10.0 Å². The van der Waals surface area contributed by atoms with Crippen LogP contribution in [0.15, 0.2) is 16.6 Å². The van der Waals surface area contributed by atoms with E-state index in [1.807, 2.05) is 0 Å². The van der Waals surface area contributed by atoms with E-state index < -0.39 is 17.9 Å². The fourth-order valence-corrected chi connectivity index (χ4v) is 2.34. The van der Waals surface area contributed by atoms with E-state index in [9.17, 15) is 9.59 Å². The molecule has 1 rings (SSSR count). The topological polar surface area (TPSA) is 78.4 Å². The zero-order valence-electron chi connectivity index (χ0n) is 11.3. The molecule has 0 bridgehead atoms. The Morgan fingerprint density at radius 2 is 2.00 bits per heavy atom. The number of anilines is 1. The quantitative estimate of drug-likeness (QED) is 0.492. The first-order valence-electron chi connectivity index (χ1n) is 6.24. The first kappa shape index (κ1) is 18.1. The van der Waals surface area contributed by atoms with Crippen LogP contribution in [-0.4, -0.2) is 23.7 Å². The number of carboxylic acids is 1. The third-order valence-corrected chi connectivity index (χ3v) is 4.58. The van der Waals surface area contributed by atoms with E-state index in [-0.39, 0.29) is 5.02 Å². The van der Waals surface area contributed by atoms with E-state index in [0.29, 0.717) is 34.6 Å². The molecule has 3 N–H and O–H groups in total. The van der Waals surface area contributed by atoms with E-state index in [1.54, 1.807) is 19.1 Å². The fourth-order valence-electron chi connectivity index (χ4n) is 1.52. The Balaban J connectivity index is 2.41. The molecule has 0 aliphatic rings. The van der Waals surface area contributed by atoms with Crippen LogP contribution in [0.25, 0.3) is 0 Å². The number of hydrogen-bond acceptors (Lipinski definition) is 2. The minimum absolute atomic E-state index is 0.251. The summed E-state index contributed by atoms with van der Waals surface area (Å²) in [6, 6.07) is 2.89. The van der Waals surface area contributed by atoms with Gasteiger partial charge in [-0.25, -0.2) is 4.79 Å². The van der Waals surface area contributed by atoms with Crippen molar-refractivity contribution < 1.29 is 14.7 Å². The van der Waals surface area contributed by atoms with Crippen molar-refractivity contribution in [3.63, 3.8) is 0 Å². The lowest BCUT2D eigenvalue weighted by Gasteiger charge is -2.11. The molecule has 1 aromatic rings. The third kappa shape index (κ3) is 5.73. The largest absolute Gasteiger partial charge is 0.481 e. The summed E-state index contributed by atoms with van der Waals surface area (Å²) in [6.07, 6.45) is 1.08. The number of hydrogen-bond donors (Lipinski definition) is 3. The Morgan fingerprint density at radius 1 is 1.33 bits per heavy atom. The molecule has 1 unspecified atom stereocenters. The van der Waals surface area contributed by atoms with Crippen LogP contribution in [-0.2, 0) is 4.79 Å². The summed E-state index contributed by atoms with van der Waals surface area (Å²) in [7, 11) is 0. The summed E-state index contributed by atoms with van der Waals surface area (Å²) < 4.78 is 0.641. The number of carbonyl (C=O) groups excluding carboxylic acids is 1. The second-order valence-corrected chi connectivity index (χ2v) is 6.10. The van der Waals surface area contributed by atoms with Crippen LogP contribution in [0, 0.1) is 5.92 Å². The van der Waals surface area contributed by atoms with E-state index in [4.69, 9.17) is 28.3 Å². The van der Waals surface area contributed by atoms with Crippen molar-refractivity contribution >= 4 is 56.8 Å². The second-order valence-electron chi connectivity index (χ2n) is 4.49. The van der Waals surface area contributed by atoms with Crippen LogP contribution in [0.3, 0.4) is 0 Å². The second kappa shape index (κ2) is 8.46. The maximum Gasteiger partial charge on any atom is 0.319 e. The van der Waals surface area contributed by atoms with Gasteiger partial charge in [0.1, 0.15) is 0 Å². The third-order valence-electron chi connectivity index (χ3n) is 2.80. The Labute approximate surface area is 141 Å². The summed E-state index contributed by atoms with van der Waals surface area (Å²) in [5.74, 6) is -1.26. The molecule has 0 saturated heterocycles. The average molecular weight is 398 g/mol. The predicted octanol–water partition coefficient (Wildman–Crippen LogP) is 4.38. The highest BCUT2D eigenvalue weighted by molar-refractivity contribution is 9.10. The smallest absolute Gasteiger partial charge is 0.319 e. The Hall–Kier alpha value is -0.980. The molecule has 0 aliphatic carbocycles. The lowest BCUT2D eigenvalue weighted by molar-refractivity contribution is -0.141. The van der Waals surface area contributed by atoms with Crippen molar-refractivity contribution in [2.45, 2.75) is 19.8 Å². The van der Waals surface area contributed by atoms with E-state index in [2.05, 4.69) is 26.6 Å². The van der Waals surface area contributed by atoms with Crippen LogP contribution >= 0.6 is 39.1 Å². The Morgan fingerprint density at radius 3 is 2.62 bits per heavy atom. The molecule has 0 spiro atoms. The van der Waals surface area contributed by atoms with Gasteiger partial charge in [-0.15, -0.1) is 0 Å². The van der Waals surface area contributed by atoms with Gasteiger partial charge in [-0.3, -0.25) is 4.79 Å². The van der Waals surface area contributed by atoms with Crippen molar-refractivity contribution in [3.8, 4) is 0 Å². The number of carbonyl (C=O) groups is 2. The fraction of sp³-hybridized carbons (Fsp3) is 0.385. The summed E-state index contributed by atoms with van der Waals surface area (Å²) in [6.45, 7) is 2.01. The first-order valence-corrected chi connectivity index (χ1v) is 7.79. The van der Waals surface area contributed by atoms with Crippen molar-refractivity contribution in [1.29, 1.82) is 0 Å². The van der Waals surface area contributed by atoms with E-state index in [1.165, 1.54) is 0 Å². The van der Waals surface area contributed by atoms with Crippen molar-refractivity contribution in [1.82, 2.24) is 5.32 Å². The highest BCUT2D eigenvalue weighted by Crippen LogP contribution is 2.35. The molecule has 0 radical (unpaired) electrons. The molecule has 0 fully saturated rings. The Bertz CT molecular complexity index is 540. The zero-order valence-corrected chi connectivity index (χ0v) is 14.3. The minimum atomic E-state index is -0.837. The van der Waals surface area contributed by atoms with Gasteiger partial charge in [-0.05, 0) is 40.9 Å². The van der Waals surface area contributed by atoms with Gasteiger partial charge < -0.3 is 15.7 Å². The summed E-state index contributed by atoms with van der Waals surface area (Å²) in [5.41, 5.74) is 0.404. The maximum atomic E-state index is 11.7. The first-order chi connectivity index (χ1) is 9.82. The predicted molar refractivity (Wildman–Crippen MR) is 87.2 cm³/mol. The van der Waals surface area contributed by atoms with Gasteiger partial charge in [0.15, 0.2) is 0 Å². The molecule has 116 valence electrons. The minimum Gasteiger partial charge on any atom is -0.481 e. The number of nitrogens with one attached hydrogen (secondary N) is 2. The van der Waals surface area contributed by atoms with Gasteiger partial charge in [0, 0.05) is 11.0 Å². The molecule has 8 heteroatoms. The van der Waals surface area contributed by atoms with Crippen LogP contribution in [0.4, 0.5) is 10.5 Å². The molecule has 0 heterocycles. The molecule has 0 aliphatic heterocycles. The van der Waals surface area contributed by atoms with E-state index in [0.717, 1.165) is 0 Å². The van der Waals surface area contributed by atoms with Crippen LogP contribution in [0.1, 0.15) is 19.8 Å². The number of carboxylic acid groups (broad SMARTS) is 1. The van der Waals surface area contributed by atoms with Gasteiger partial charge in [0.25, 0.3) is 0 Å². The summed E-state index contributed by atoms with van der Waals surface area (Å²) >= 11 is 15.2. The lowest BCUT2D eigenvalue weighted by atomic mass is 10.1. The van der Waals surface area contributed by atoms with Crippen LogP contribution < -0.4 is 10.6 Å². The normalized spacial score (nSPS) is 11.8. The molecule has 1 atom stereocenters. The molecule has 0 aromatic heterocycles. The highest BCUT2D eigenvalue weighted by atomic mass is 79.9.